The van der Waals surface area contributed by atoms with Crippen LogP contribution in [0.1, 0.15) is 11.1 Å². The monoisotopic (exact) mass is 970 g/mol. The van der Waals surface area contributed by atoms with Gasteiger partial charge in [-0.1, -0.05) is 78.9 Å². The maximum atomic E-state index is 15.4. The van der Waals surface area contributed by atoms with Gasteiger partial charge in [0.1, 0.15) is 64.2 Å². The molecule has 0 unspecified atom stereocenters. The van der Waals surface area contributed by atoms with E-state index in [1.165, 1.54) is 16.0 Å². The Morgan fingerprint density at radius 2 is 0.424 bits per heavy atom. The van der Waals surface area contributed by atoms with Crippen LogP contribution in [-0.4, -0.2) is 6.15 Å². The van der Waals surface area contributed by atoms with E-state index in [4.69, 9.17) is 0 Å². The first-order valence-electron chi connectivity index (χ1n) is 18.2. The highest BCUT2D eigenvalue weighted by molar-refractivity contribution is 7.95. The summed E-state index contributed by atoms with van der Waals surface area (Å²) in [5.74, 6) is -69.2. The van der Waals surface area contributed by atoms with E-state index >= 15 is 35.1 Å². The summed E-state index contributed by atoms with van der Waals surface area (Å²) in [6.07, 6.45) is -7.22. The van der Waals surface area contributed by atoms with E-state index in [2.05, 4.69) is 91.0 Å². The molecule has 0 aliphatic carbocycles. The molecule has 0 aliphatic rings. The quantitative estimate of drug-likeness (QED) is 0.0445. The SMILES string of the molecule is Fc1c(F)c(F)c([B-](c2c(F)c(F)c(F)c(F)c2F)(c2c(F)c(F)c(F)c(F)c2F)c2c(F)c(F)c(F)c(F)c2F)c(F)c1F.c1ccc(C[S+](Cc2ccccc2)c2ccccc2)cc1. The minimum Gasteiger partial charge on any atom is -0.207 e. The molecule has 7 aromatic carbocycles. The maximum absolute atomic E-state index is 15.4. The van der Waals surface area contributed by atoms with Crippen LogP contribution in [0.5, 0.6) is 0 Å². The van der Waals surface area contributed by atoms with Crippen molar-refractivity contribution in [3.8, 4) is 0 Å². The van der Waals surface area contributed by atoms with E-state index in [-0.39, 0.29) is 10.9 Å². The first-order chi connectivity index (χ1) is 31.1. The summed E-state index contributed by atoms with van der Waals surface area (Å²) < 4.78 is 294. The second-order valence-electron chi connectivity index (χ2n) is 13.9. The minimum atomic E-state index is -7.22. The second kappa shape index (κ2) is 19.2. The lowest BCUT2D eigenvalue weighted by atomic mass is 9.12. The van der Waals surface area contributed by atoms with Crippen molar-refractivity contribution in [2.45, 2.75) is 16.4 Å². The molecule has 0 spiro atoms. The Balaban J connectivity index is 0.000000284. The van der Waals surface area contributed by atoms with Crippen molar-refractivity contribution in [3.05, 3.63) is 218 Å². The standard InChI is InChI=1S/C24BF20.C20H19S/c26-5-1(6(27)14(35)21(42)13(5)34)25(2-7(28)15(36)22(43)16(37)8(2)29,3-9(30)17(38)23(44)18(39)10(3)31)4-11(32)19(40)24(45)20(41)12(4)33;1-4-10-18(11-5-1)16-21(20-14-8-3-9-15-20)17-19-12-6-2-7-13-19/h;1-15H,16-17H2/q-1;+1. The molecule has 0 radical (unpaired) electrons. The Kier molecular flexibility index (Phi) is 14.2. The largest absolute Gasteiger partial charge is 0.207 e. The Bertz CT molecular complexity index is 2550. The molecule has 0 heterocycles. The Morgan fingerprint density at radius 1 is 0.242 bits per heavy atom. The summed E-state index contributed by atoms with van der Waals surface area (Å²) in [5.41, 5.74) is -11.5. The highest BCUT2D eigenvalue weighted by Crippen LogP contribution is 2.31. The van der Waals surface area contributed by atoms with E-state index in [9.17, 15) is 52.7 Å². The van der Waals surface area contributed by atoms with Gasteiger partial charge in [0.05, 0.1) is 0 Å². The molecule has 0 fully saturated rings. The Hall–Kier alpha value is -6.45. The third-order valence-electron chi connectivity index (χ3n) is 10.2. The summed E-state index contributed by atoms with van der Waals surface area (Å²) in [6.45, 7) is 0. The Labute approximate surface area is 361 Å². The summed E-state index contributed by atoms with van der Waals surface area (Å²) >= 11 is 0. The van der Waals surface area contributed by atoms with E-state index in [1.807, 2.05) is 0 Å². The maximum Gasteiger partial charge on any atom is 0.200 e. The van der Waals surface area contributed by atoms with Gasteiger partial charge in [0.15, 0.2) is 74.7 Å². The van der Waals surface area contributed by atoms with Gasteiger partial charge < -0.3 is 0 Å². The predicted octanol–water partition coefficient (Wildman–Crippen LogP) is 10.9. The van der Waals surface area contributed by atoms with Gasteiger partial charge in [0, 0.05) is 22.0 Å². The van der Waals surface area contributed by atoms with Crippen molar-refractivity contribution in [1.29, 1.82) is 0 Å². The molecule has 0 N–H and O–H groups in total. The fourth-order valence-electron chi connectivity index (χ4n) is 7.26. The van der Waals surface area contributed by atoms with Crippen molar-refractivity contribution >= 4 is 38.9 Å². The van der Waals surface area contributed by atoms with Crippen LogP contribution in [0.3, 0.4) is 0 Å². The fourth-order valence-corrected chi connectivity index (χ4v) is 9.42. The zero-order chi connectivity index (χ0) is 48.7. The third-order valence-corrected chi connectivity index (χ3v) is 12.5. The van der Waals surface area contributed by atoms with Gasteiger partial charge >= 0.3 is 0 Å². The molecule has 344 valence electrons. The van der Waals surface area contributed by atoms with Crippen LogP contribution in [0.2, 0.25) is 0 Å². The lowest BCUT2D eigenvalue weighted by Crippen LogP contribution is -2.81. The average molecular weight is 970 g/mol. The summed E-state index contributed by atoms with van der Waals surface area (Å²) in [4.78, 5) is 1.45. The van der Waals surface area contributed by atoms with Gasteiger partial charge in [-0.3, -0.25) is 0 Å². The van der Waals surface area contributed by atoms with Crippen LogP contribution in [-0.2, 0) is 22.4 Å². The van der Waals surface area contributed by atoms with E-state index in [0.717, 1.165) is 11.5 Å². The molecule has 0 amide bonds. The van der Waals surface area contributed by atoms with E-state index in [0.29, 0.717) is 0 Å². The zero-order valence-electron chi connectivity index (χ0n) is 32.1. The van der Waals surface area contributed by atoms with Gasteiger partial charge in [-0.25, -0.2) is 87.8 Å². The number of hydrogen-bond donors (Lipinski definition) is 0. The zero-order valence-corrected chi connectivity index (χ0v) is 32.9. The van der Waals surface area contributed by atoms with Gasteiger partial charge in [0.25, 0.3) is 0 Å². The molecular weight excluding hydrogens is 951 g/mol. The lowest BCUT2D eigenvalue weighted by molar-refractivity contribution is 0.378. The molecule has 66 heavy (non-hydrogen) atoms. The van der Waals surface area contributed by atoms with Crippen molar-refractivity contribution in [3.63, 3.8) is 0 Å². The van der Waals surface area contributed by atoms with Gasteiger partial charge in [0.2, 0.25) is 0 Å². The van der Waals surface area contributed by atoms with Crippen molar-refractivity contribution in [2.75, 3.05) is 0 Å². The topological polar surface area (TPSA) is 0 Å². The summed E-state index contributed by atoms with van der Waals surface area (Å²) in [6, 6.07) is 32.5. The van der Waals surface area contributed by atoms with Crippen molar-refractivity contribution in [1.82, 2.24) is 0 Å². The molecule has 0 bridgehead atoms. The van der Waals surface area contributed by atoms with Crippen LogP contribution in [0.25, 0.3) is 0 Å². The van der Waals surface area contributed by atoms with E-state index < -0.39 is 144 Å². The van der Waals surface area contributed by atoms with E-state index in [1.54, 1.807) is 0 Å². The minimum absolute atomic E-state index is 0.210. The molecule has 22 heteroatoms. The third kappa shape index (κ3) is 8.23. The molecular formula is C44H19BF20S. The van der Waals surface area contributed by atoms with Crippen molar-refractivity contribution in [2.24, 2.45) is 0 Å². The van der Waals surface area contributed by atoms with Gasteiger partial charge in [-0.15, -0.1) is 21.9 Å². The fraction of sp³-hybridized carbons (Fsp3) is 0.0455. The summed E-state index contributed by atoms with van der Waals surface area (Å²) in [5, 5.41) is 0. The van der Waals surface area contributed by atoms with Crippen LogP contribution < -0.4 is 21.9 Å². The van der Waals surface area contributed by atoms with Crippen LogP contribution >= 0.6 is 0 Å². The predicted molar refractivity (Wildman–Crippen MR) is 202 cm³/mol. The first kappa shape index (κ1) is 49.0. The smallest absolute Gasteiger partial charge is 0.200 e. The molecule has 0 atom stereocenters. The number of hydrogen-bond acceptors (Lipinski definition) is 0. The molecule has 7 rings (SSSR count). The normalized spacial score (nSPS) is 11.6. The number of halogens is 20. The molecule has 0 saturated carbocycles. The number of benzene rings is 7. The molecule has 0 aliphatic heterocycles. The highest BCUT2D eigenvalue weighted by atomic mass is 32.2. The lowest BCUT2D eigenvalue weighted by Gasteiger charge is -2.44. The van der Waals surface area contributed by atoms with Crippen LogP contribution in [0.4, 0.5) is 87.8 Å². The average Bonchev–Trinajstić information content (AvgIpc) is 3.32. The van der Waals surface area contributed by atoms with Gasteiger partial charge in [-0.05, 0) is 12.1 Å². The first-order valence-corrected chi connectivity index (χ1v) is 19.7. The molecule has 0 saturated heterocycles. The second-order valence-corrected chi connectivity index (χ2v) is 15.9. The number of rotatable bonds is 9. The van der Waals surface area contributed by atoms with Crippen LogP contribution in [0, 0.1) is 116 Å². The van der Waals surface area contributed by atoms with Gasteiger partial charge in [-0.2, -0.15) is 0 Å². The molecule has 0 nitrogen and oxygen atoms in total. The van der Waals surface area contributed by atoms with Crippen molar-refractivity contribution < 1.29 is 87.8 Å². The summed E-state index contributed by atoms with van der Waals surface area (Å²) in [7, 11) is 0.210. The highest BCUT2D eigenvalue weighted by Gasteiger charge is 2.52. The van der Waals surface area contributed by atoms with Crippen LogP contribution in [0.15, 0.2) is 95.9 Å². The Morgan fingerprint density at radius 3 is 0.636 bits per heavy atom. The molecule has 7 aromatic rings. The molecule has 0 aromatic heterocycles.